The van der Waals surface area contributed by atoms with Crippen LogP contribution in [-0.4, -0.2) is 59.8 Å². The van der Waals surface area contributed by atoms with Gasteiger partial charge in [0.25, 0.3) is 0 Å². The van der Waals surface area contributed by atoms with Crippen LogP contribution < -0.4 is 5.32 Å². The highest BCUT2D eigenvalue weighted by molar-refractivity contribution is 5.90. The van der Waals surface area contributed by atoms with E-state index in [1.54, 1.807) is 24.3 Å². The van der Waals surface area contributed by atoms with Crippen LogP contribution in [0.25, 0.3) is 0 Å². The molecule has 0 bridgehead atoms. The summed E-state index contributed by atoms with van der Waals surface area (Å²) in [7, 11) is 1.77. The van der Waals surface area contributed by atoms with Gasteiger partial charge in [-0.15, -0.1) is 0 Å². The second kappa shape index (κ2) is 7.95. The van der Waals surface area contributed by atoms with Crippen LogP contribution in [0.3, 0.4) is 0 Å². The van der Waals surface area contributed by atoms with Crippen molar-refractivity contribution in [2.75, 3.05) is 33.2 Å². The Labute approximate surface area is 149 Å². The predicted molar refractivity (Wildman–Crippen MR) is 95.7 cm³/mol. The van der Waals surface area contributed by atoms with E-state index in [9.17, 15) is 9.59 Å². The van der Waals surface area contributed by atoms with Crippen molar-refractivity contribution in [3.63, 3.8) is 0 Å². The summed E-state index contributed by atoms with van der Waals surface area (Å²) in [6, 6.07) is 3.55. The number of hydrogen-bond donors (Lipinski definition) is 1. The van der Waals surface area contributed by atoms with Crippen LogP contribution in [0.2, 0.25) is 0 Å². The Kier molecular flexibility index (Phi) is 5.68. The first-order chi connectivity index (χ1) is 12.1. The van der Waals surface area contributed by atoms with E-state index in [0.29, 0.717) is 6.54 Å². The molecule has 136 valence electrons. The van der Waals surface area contributed by atoms with Gasteiger partial charge in [-0.05, 0) is 43.5 Å². The number of carbonyl (C=O) groups is 2. The Morgan fingerprint density at radius 3 is 2.80 bits per heavy atom. The van der Waals surface area contributed by atoms with Crippen LogP contribution >= 0.6 is 0 Å². The molecule has 2 fully saturated rings. The summed E-state index contributed by atoms with van der Waals surface area (Å²) in [4.78, 5) is 33.0. The molecule has 2 atom stereocenters. The number of aromatic nitrogens is 1. The number of likely N-dealkylation sites (tertiary alicyclic amines) is 2. The Morgan fingerprint density at radius 1 is 1.36 bits per heavy atom. The number of rotatable bonds is 5. The number of amides is 2. The van der Waals surface area contributed by atoms with Gasteiger partial charge in [0.05, 0.1) is 12.0 Å². The number of nitrogens with zero attached hydrogens (tertiary/aromatic N) is 3. The minimum absolute atomic E-state index is 0.0130. The summed E-state index contributed by atoms with van der Waals surface area (Å²) in [5, 5.41) is 3.04. The average Bonchev–Trinajstić information content (AvgIpc) is 2.92. The van der Waals surface area contributed by atoms with Gasteiger partial charge in [-0.2, -0.15) is 0 Å². The fourth-order valence-corrected chi connectivity index (χ4v) is 3.87. The minimum Gasteiger partial charge on any atom is -0.354 e. The molecule has 3 heterocycles. The third kappa shape index (κ3) is 4.18. The lowest BCUT2D eigenvalue weighted by Gasteiger charge is -2.30. The van der Waals surface area contributed by atoms with E-state index in [2.05, 4.69) is 22.1 Å². The van der Waals surface area contributed by atoms with E-state index in [1.807, 2.05) is 12.1 Å². The van der Waals surface area contributed by atoms with Gasteiger partial charge in [-0.3, -0.25) is 14.6 Å². The second-order valence-corrected chi connectivity index (χ2v) is 7.36. The zero-order valence-electron chi connectivity index (χ0n) is 15.1. The lowest BCUT2D eigenvalue weighted by molar-refractivity contribution is -0.128. The molecule has 6 heteroatoms. The molecule has 1 aromatic rings. The minimum atomic E-state index is -0.344. The SMILES string of the molecule is CC1CCN(CCNC(=O)C2CC(=O)N(C)C2c2cccnc2)CC1. The molecule has 0 aromatic carbocycles. The molecule has 1 N–H and O–H groups in total. The van der Waals surface area contributed by atoms with Gasteiger partial charge in [0.15, 0.2) is 0 Å². The normalized spacial score (nSPS) is 25.4. The first-order valence-electron chi connectivity index (χ1n) is 9.22. The number of hydrogen-bond acceptors (Lipinski definition) is 4. The predicted octanol–water partition coefficient (Wildman–Crippen LogP) is 1.45. The topological polar surface area (TPSA) is 65.5 Å². The van der Waals surface area contributed by atoms with Crippen LogP contribution in [0.15, 0.2) is 24.5 Å². The number of nitrogens with one attached hydrogen (secondary N) is 1. The van der Waals surface area contributed by atoms with Crippen molar-refractivity contribution in [3.05, 3.63) is 30.1 Å². The number of carbonyl (C=O) groups excluding carboxylic acids is 2. The second-order valence-electron chi connectivity index (χ2n) is 7.36. The van der Waals surface area contributed by atoms with Crippen LogP contribution in [0.4, 0.5) is 0 Å². The molecule has 1 aromatic heterocycles. The summed E-state index contributed by atoms with van der Waals surface area (Å²) in [6.45, 7) is 6.04. The fourth-order valence-electron chi connectivity index (χ4n) is 3.87. The van der Waals surface area contributed by atoms with Gasteiger partial charge in [-0.25, -0.2) is 0 Å². The molecule has 0 radical (unpaired) electrons. The van der Waals surface area contributed by atoms with E-state index in [-0.39, 0.29) is 30.2 Å². The molecule has 25 heavy (non-hydrogen) atoms. The lowest BCUT2D eigenvalue weighted by Crippen LogP contribution is -2.41. The first-order valence-corrected chi connectivity index (χ1v) is 9.22. The van der Waals surface area contributed by atoms with Crippen molar-refractivity contribution < 1.29 is 9.59 Å². The van der Waals surface area contributed by atoms with Gasteiger partial charge < -0.3 is 15.1 Å². The van der Waals surface area contributed by atoms with E-state index < -0.39 is 0 Å². The highest BCUT2D eigenvalue weighted by Gasteiger charge is 2.42. The molecule has 2 aliphatic heterocycles. The van der Waals surface area contributed by atoms with Crippen molar-refractivity contribution >= 4 is 11.8 Å². The van der Waals surface area contributed by atoms with E-state index in [1.165, 1.54) is 12.8 Å². The zero-order valence-corrected chi connectivity index (χ0v) is 15.1. The fraction of sp³-hybridized carbons (Fsp3) is 0.632. The summed E-state index contributed by atoms with van der Waals surface area (Å²) < 4.78 is 0. The Bertz CT molecular complexity index is 599. The highest BCUT2D eigenvalue weighted by Crippen LogP contribution is 2.36. The maximum atomic E-state index is 12.7. The third-order valence-corrected chi connectivity index (χ3v) is 5.55. The number of pyridine rings is 1. The summed E-state index contributed by atoms with van der Waals surface area (Å²) in [5.41, 5.74) is 0.918. The van der Waals surface area contributed by atoms with Gasteiger partial charge in [0.2, 0.25) is 11.8 Å². The Morgan fingerprint density at radius 2 is 2.12 bits per heavy atom. The van der Waals surface area contributed by atoms with Gasteiger partial charge in [0.1, 0.15) is 0 Å². The monoisotopic (exact) mass is 344 g/mol. The van der Waals surface area contributed by atoms with Gasteiger partial charge in [0, 0.05) is 39.0 Å². The standard InChI is InChI=1S/C19H28N4O2/c1-14-5-9-23(10-6-14)11-8-21-19(25)16-12-17(24)22(2)18(16)15-4-3-7-20-13-15/h3-4,7,13-14,16,18H,5-6,8-12H2,1-2H3,(H,21,25). The molecule has 2 amide bonds. The summed E-state index contributed by atoms with van der Waals surface area (Å²) in [6.07, 6.45) is 6.19. The molecular weight excluding hydrogens is 316 g/mol. The van der Waals surface area contributed by atoms with Crippen LogP contribution in [-0.2, 0) is 9.59 Å². The van der Waals surface area contributed by atoms with Crippen molar-refractivity contribution in [1.29, 1.82) is 0 Å². The Hall–Kier alpha value is -1.95. The van der Waals surface area contributed by atoms with E-state index in [4.69, 9.17) is 0 Å². The van der Waals surface area contributed by atoms with Crippen LogP contribution in [0.1, 0.15) is 37.8 Å². The van der Waals surface area contributed by atoms with Crippen molar-refractivity contribution in [1.82, 2.24) is 20.1 Å². The molecule has 6 nitrogen and oxygen atoms in total. The van der Waals surface area contributed by atoms with Crippen molar-refractivity contribution in [2.24, 2.45) is 11.8 Å². The van der Waals surface area contributed by atoms with Crippen LogP contribution in [0, 0.1) is 11.8 Å². The first kappa shape index (κ1) is 17.9. The molecule has 2 aliphatic rings. The molecular formula is C19H28N4O2. The van der Waals surface area contributed by atoms with Crippen LogP contribution in [0.5, 0.6) is 0 Å². The van der Waals surface area contributed by atoms with E-state index in [0.717, 1.165) is 31.1 Å². The summed E-state index contributed by atoms with van der Waals surface area (Å²) in [5.74, 6) is 0.449. The molecule has 2 unspecified atom stereocenters. The summed E-state index contributed by atoms with van der Waals surface area (Å²) >= 11 is 0. The molecule has 2 saturated heterocycles. The van der Waals surface area contributed by atoms with Crippen molar-refractivity contribution in [2.45, 2.75) is 32.2 Å². The van der Waals surface area contributed by atoms with Gasteiger partial charge in [-0.1, -0.05) is 13.0 Å². The molecule has 0 saturated carbocycles. The zero-order chi connectivity index (χ0) is 17.8. The van der Waals surface area contributed by atoms with Gasteiger partial charge >= 0.3 is 0 Å². The van der Waals surface area contributed by atoms with E-state index >= 15 is 0 Å². The number of piperidine rings is 1. The Balaban J connectivity index is 1.56. The molecule has 3 rings (SSSR count). The highest BCUT2D eigenvalue weighted by atomic mass is 16.2. The third-order valence-electron chi connectivity index (χ3n) is 5.55. The van der Waals surface area contributed by atoms with Crippen molar-refractivity contribution in [3.8, 4) is 0 Å². The molecule has 0 aliphatic carbocycles. The maximum Gasteiger partial charge on any atom is 0.226 e. The average molecular weight is 344 g/mol. The maximum absolute atomic E-state index is 12.7. The molecule has 0 spiro atoms. The smallest absolute Gasteiger partial charge is 0.226 e. The largest absolute Gasteiger partial charge is 0.354 e. The quantitative estimate of drug-likeness (QED) is 0.878. The lowest BCUT2D eigenvalue weighted by atomic mass is 9.94.